The minimum atomic E-state index is -0.813. The summed E-state index contributed by atoms with van der Waals surface area (Å²) in [5.41, 5.74) is 8.59. The zero-order valence-electron chi connectivity index (χ0n) is 10.7. The van der Waals surface area contributed by atoms with Crippen molar-refractivity contribution in [1.82, 2.24) is 0 Å². The van der Waals surface area contributed by atoms with Gasteiger partial charge in [0.2, 0.25) is 0 Å². The van der Waals surface area contributed by atoms with Gasteiger partial charge in [-0.3, -0.25) is 0 Å². The first-order valence-corrected chi connectivity index (χ1v) is 6.67. The molecule has 0 aliphatic rings. The molecule has 4 heteroatoms. The number of rotatable bonds is 2. The van der Waals surface area contributed by atoms with Crippen LogP contribution >= 0.6 is 15.9 Å². The summed E-state index contributed by atoms with van der Waals surface area (Å²) < 4.78 is 28.5. The Hall–Kier alpha value is -1.26. The van der Waals surface area contributed by atoms with E-state index in [1.165, 1.54) is 18.2 Å². The molecular formula is C15H14BrF2N. The second kappa shape index (κ2) is 5.39. The topological polar surface area (TPSA) is 26.0 Å². The number of halogens is 3. The summed E-state index contributed by atoms with van der Waals surface area (Å²) in [6.45, 7) is 3.84. The molecule has 100 valence electrons. The Morgan fingerprint density at radius 2 is 1.53 bits per heavy atom. The smallest absolute Gasteiger partial charge is 0.131 e. The normalized spacial score (nSPS) is 12.5. The van der Waals surface area contributed by atoms with Gasteiger partial charge in [0, 0.05) is 10.0 Å². The van der Waals surface area contributed by atoms with Crippen molar-refractivity contribution in [3.8, 4) is 0 Å². The Bertz CT molecular complexity index is 582. The van der Waals surface area contributed by atoms with E-state index in [1.54, 1.807) is 0 Å². The highest BCUT2D eigenvalue weighted by molar-refractivity contribution is 9.10. The number of aryl methyl sites for hydroxylation is 2. The third kappa shape index (κ3) is 2.69. The Morgan fingerprint density at radius 3 is 2.00 bits per heavy atom. The van der Waals surface area contributed by atoms with Gasteiger partial charge >= 0.3 is 0 Å². The highest BCUT2D eigenvalue weighted by atomic mass is 79.9. The van der Waals surface area contributed by atoms with E-state index in [4.69, 9.17) is 5.73 Å². The molecule has 0 spiro atoms. The molecule has 0 saturated heterocycles. The molecular weight excluding hydrogens is 312 g/mol. The van der Waals surface area contributed by atoms with Gasteiger partial charge in [-0.25, -0.2) is 8.78 Å². The van der Waals surface area contributed by atoms with E-state index in [1.807, 2.05) is 26.0 Å². The molecule has 0 bridgehead atoms. The predicted molar refractivity (Wildman–Crippen MR) is 76.0 cm³/mol. The molecule has 0 radical (unpaired) electrons. The van der Waals surface area contributed by atoms with Gasteiger partial charge in [-0.1, -0.05) is 34.1 Å². The summed E-state index contributed by atoms with van der Waals surface area (Å²) in [6.07, 6.45) is 0. The van der Waals surface area contributed by atoms with Crippen LogP contribution in [0.15, 0.2) is 34.8 Å². The summed E-state index contributed by atoms with van der Waals surface area (Å²) in [4.78, 5) is 0. The minimum Gasteiger partial charge on any atom is -0.320 e. The fourth-order valence-corrected chi connectivity index (χ4v) is 2.36. The van der Waals surface area contributed by atoms with Crippen LogP contribution in [-0.4, -0.2) is 0 Å². The second-order valence-electron chi connectivity index (χ2n) is 4.58. The average Bonchev–Trinajstić information content (AvgIpc) is 2.35. The van der Waals surface area contributed by atoms with E-state index in [2.05, 4.69) is 15.9 Å². The maximum atomic E-state index is 13.7. The maximum absolute atomic E-state index is 13.7. The molecule has 0 fully saturated rings. The highest BCUT2D eigenvalue weighted by Gasteiger charge is 2.19. The van der Waals surface area contributed by atoms with Gasteiger partial charge in [-0.2, -0.15) is 0 Å². The molecule has 2 aromatic rings. The summed E-state index contributed by atoms with van der Waals surface area (Å²) >= 11 is 3.46. The Balaban J connectivity index is 2.53. The number of nitrogens with two attached hydrogens (primary N) is 1. The molecule has 2 aromatic carbocycles. The van der Waals surface area contributed by atoms with Crippen LogP contribution in [0.4, 0.5) is 8.78 Å². The lowest BCUT2D eigenvalue weighted by atomic mass is 9.95. The van der Waals surface area contributed by atoms with Crippen molar-refractivity contribution in [3.05, 3.63) is 68.7 Å². The quantitative estimate of drug-likeness (QED) is 0.870. The predicted octanol–water partition coefficient (Wildman–Crippen LogP) is 4.39. The molecule has 0 amide bonds. The van der Waals surface area contributed by atoms with Crippen molar-refractivity contribution in [1.29, 1.82) is 0 Å². The van der Waals surface area contributed by atoms with Crippen molar-refractivity contribution in [2.45, 2.75) is 19.9 Å². The monoisotopic (exact) mass is 325 g/mol. The first-order valence-electron chi connectivity index (χ1n) is 5.88. The molecule has 1 atom stereocenters. The third-order valence-electron chi connectivity index (χ3n) is 3.13. The Morgan fingerprint density at radius 1 is 1.05 bits per heavy atom. The number of hydrogen-bond acceptors (Lipinski definition) is 1. The minimum absolute atomic E-state index is 0.0939. The van der Waals surface area contributed by atoms with E-state index in [-0.39, 0.29) is 5.56 Å². The summed E-state index contributed by atoms with van der Waals surface area (Å²) in [5, 5.41) is 0. The van der Waals surface area contributed by atoms with Crippen molar-refractivity contribution in [2.75, 3.05) is 0 Å². The summed E-state index contributed by atoms with van der Waals surface area (Å²) in [7, 11) is 0. The van der Waals surface area contributed by atoms with E-state index in [0.29, 0.717) is 5.56 Å². The van der Waals surface area contributed by atoms with Gasteiger partial charge < -0.3 is 5.73 Å². The molecule has 2 rings (SSSR count). The SMILES string of the molecule is Cc1cc(C(N)c2c(F)cccc2F)cc(C)c1Br. The summed E-state index contributed by atoms with van der Waals surface area (Å²) in [6, 6.07) is 6.64. The van der Waals surface area contributed by atoms with E-state index in [0.717, 1.165) is 15.6 Å². The van der Waals surface area contributed by atoms with E-state index >= 15 is 0 Å². The molecule has 1 nitrogen and oxygen atoms in total. The van der Waals surface area contributed by atoms with Gasteiger partial charge in [0.15, 0.2) is 0 Å². The van der Waals surface area contributed by atoms with Gasteiger partial charge in [0.1, 0.15) is 11.6 Å². The molecule has 1 unspecified atom stereocenters. The first-order chi connectivity index (χ1) is 8.91. The van der Waals surface area contributed by atoms with Crippen LogP contribution in [0.3, 0.4) is 0 Å². The van der Waals surface area contributed by atoms with Crippen LogP contribution in [-0.2, 0) is 0 Å². The molecule has 2 N–H and O–H groups in total. The molecule has 0 saturated carbocycles. The lowest BCUT2D eigenvalue weighted by Crippen LogP contribution is -2.16. The van der Waals surface area contributed by atoms with Gasteiger partial charge in [0.05, 0.1) is 6.04 Å². The van der Waals surface area contributed by atoms with Crippen molar-refractivity contribution in [2.24, 2.45) is 5.73 Å². The average molecular weight is 326 g/mol. The zero-order valence-corrected chi connectivity index (χ0v) is 12.3. The number of hydrogen-bond donors (Lipinski definition) is 1. The van der Waals surface area contributed by atoms with Crippen molar-refractivity contribution >= 4 is 15.9 Å². The van der Waals surface area contributed by atoms with Gasteiger partial charge in [-0.05, 0) is 42.7 Å². The summed E-state index contributed by atoms with van der Waals surface area (Å²) in [5.74, 6) is -1.24. The molecule has 0 aliphatic heterocycles. The van der Waals surface area contributed by atoms with Crippen LogP contribution in [0, 0.1) is 25.5 Å². The van der Waals surface area contributed by atoms with Crippen molar-refractivity contribution in [3.63, 3.8) is 0 Å². The van der Waals surface area contributed by atoms with Gasteiger partial charge in [-0.15, -0.1) is 0 Å². The van der Waals surface area contributed by atoms with Gasteiger partial charge in [0.25, 0.3) is 0 Å². The maximum Gasteiger partial charge on any atom is 0.131 e. The first kappa shape index (κ1) is 14.2. The molecule has 0 aromatic heterocycles. The van der Waals surface area contributed by atoms with E-state index < -0.39 is 17.7 Å². The fourth-order valence-electron chi connectivity index (χ4n) is 2.13. The van der Waals surface area contributed by atoms with Crippen molar-refractivity contribution < 1.29 is 8.78 Å². The van der Waals surface area contributed by atoms with E-state index in [9.17, 15) is 8.78 Å². The highest BCUT2D eigenvalue weighted by Crippen LogP contribution is 2.29. The second-order valence-corrected chi connectivity index (χ2v) is 5.37. The van der Waals surface area contributed by atoms with Crippen LogP contribution in [0.5, 0.6) is 0 Å². The third-order valence-corrected chi connectivity index (χ3v) is 4.38. The van der Waals surface area contributed by atoms with Crippen LogP contribution in [0.2, 0.25) is 0 Å². The standard InChI is InChI=1S/C15H14BrF2N/c1-8-6-10(7-9(2)14(8)16)15(19)13-11(17)4-3-5-12(13)18/h3-7,15H,19H2,1-2H3. The fraction of sp³-hybridized carbons (Fsp3) is 0.200. The van der Waals surface area contributed by atoms with Crippen LogP contribution in [0.25, 0.3) is 0 Å². The van der Waals surface area contributed by atoms with Crippen LogP contribution in [0.1, 0.15) is 28.3 Å². The Kier molecular flexibility index (Phi) is 4.02. The van der Waals surface area contributed by atoms with Crippen LogP contribution < -0.4 is 5.73 Å². The lowest BCUT2D eigenvalue weighted by Gasteiger charge is -2.16. The zero-order chi connectivity index (χ0) is 14.2. The molecule has 19 heavy (non-hydrogen) atoms. The molecule has 0 heterocycles. The largest absolute Gasteiger partial charge is 0.320 e. The molecule has 0 aliphatic carbocycles. The number of benzene rings is 2. The lowest BCUT2D eigenvalue weighted by molar-refractivity contribution is 0.543. The Labute approximate surface area is 119 Å².